The number of rotatable bonds is 7. The van der Waals surface area contributed by atoms with Crippen LogP contribution >= 0.6 is 0 Å². The summed E-state index contributed by atoms with van der Waals surface area (Å²) in [7, 11) is 1.18. The Balaban J connectivity index is 2.80. The SMILES string of the molecule is COC(=O)CC(C)C(=O)OCc1cc([N+](=O)[O-])cc([N+](=O)[O-])c1. The second-order valence-electron chi connectivity index (χ2n) is 4.66. The molecule has 0 radical (unpaired) electrons. The maximum Gasteiger partial charge on any atom is 0.309 e. The highest BCUT2D eigenvalue weighted by atomic mass is 16.6. The number of hydrogen-bond donors (Lipinski definition) is 0. The zero-order valence-corrected chi connectivity index (χ0v) is 12.4. The number of hydrogen-bond acceptors (Lipinski definition) is 8. The first-order valence-corrected chi connectivity index (χ1v) is 6.40. The van der Waals surface area contributed by atoms with Crippen LogP contribution < -0.4 is 0 Å². The number of benzene rings is 1. The van der Waals surface area contributed by atoms with Crippen LogP contribution in [-0.2, 0) is 25.7 Å². The van der Waals surface area contributed by atoms with Crippen LogP contribution in [0.2, 0.25) is 0 Å². The van der Waals surface area contributed by atoms with Gasteiger partial charge < -0.3 is 9.47 Å². The van der Waals surface area contributed by atoms with Gasteiger partial charge in [-0.25, -0.2) is 0 Å². The van der Waals surface area contributed by atoms with Crippen molar-refractivity contribution in [2.75, 3.05) is 7.11 Å². The smallest absolute Gasteiger partial charge is 0.309 e. The Morgan fingerprint density at radius 3 is 2.09 bits per heavy atom. The molecular formula is C13H14N2O8. The van der Waals surface area contributed by atoms with Gasteiger partial charge in [-0.3, -0.25) is 29.8 Å². The van der Waals surface area contributed by atoms with Crippen LogP contribution in [-0.4, -0.2) is 28.9 Å². The lowest BCUT2D eigenvalue weighted by Crippen LogP contribution is -2.18. The molecule has 0 fully saturated rings. The molecule has 1 aromatic carbocycles. The number of nitro groups is 2. The van der Waals surface area contributed by atoms with Crippen molar-refractivity contribution in [1.29, 1.82) is 0 Å². The van der Waals surface area contributed by atoms with Crippen molar-refractivity contribution in [3.8, 4) is 0 Å². The molecule has 0 aromatic heterocycles. The highest BCUT2D eigenvalue weighted by Gasteiger charge is 2.21. The summed E-state index contributed by atoms with van der Waals surface area (Å²) in [5.41, 5.74) is -0.856. The van der Waals surface area contributed by atoms with E-state index in [0.29, 0.717) is 0 Å². The Kier molecular flexibility index (Phi) is 6.13. The minimum atomic E-state index is -0.780. The molecule has 0 saturated heterocycles. The summed E-state index contributed by atoms with van der Waals surface area (Å²) >= 11 is 0. The van der Waals surface area contributed by atoms with E-state index in [0.717, 1.165) is 18.2 Å². The van der Waals surface area contributed by atoms with E-state index in [1.165, 1.54) is 14.0 Å². The number of esters is 2. The molecule has 10 nitrogen and oxygen atoms in total. The van der Waals surface area contributed by atoms with Gasteiger partial charge in [-0.05, 0) is 0 Å². The largest absolute Gasteiger partial charge is 0.469 e. The summed E-state index contributed by atoms with van der Waals surface area (Å²) in [5, 5.41) is 21.5. The lowest BCUT2D eigenvalue weighted by molar-refractivity contribution is -0.394. The Bertz CT molecular complexity index is 611. The van der Waals surface area contributed by atoms with E-state index in [9.17, 15) is 29.8 Å². The number of carbonyl (C=O) groups is 2. The fourth-order valence-corrected chi connectivity index (χ4v) is 1.66. The molecule has 0 amide bonds. The molecule has 0 bridgehead atoms. The van der Waals surface area contributed by atoms with E-state index in [1.807, 2.05) is 0 Å². The quantitative estimate of drug-likeness (QED) is 0.419. The molecule has 0 aliphatic heterocycles. The lowest BCUT2D eigenvalue weighted by Gasteiger charge is -2.10. The van der Waals surface area contributed by atoms with Crippen LogP contribution in [0.4, 0.5) is 11.4 Å². The molecule has 0 aliphatic rings. The second kappa shape index (κ2) is 7.82. The van der Waals surface area contributed by atoms with Gasteiger partial charge in [0.1, 0.15) is 6.61 Å². The fourth-order valence-electron chi connectivity index (χ4n) is 1.66. The number of nitrogens with zero attached hydrogens (tertiary/aromatic N) is 2. The minimum Gasteiger partial charge on any atom is -0.469 e. The molecule has 10 heteroatoms. The Labute approximate surface area is 130 Å². The first kappa shape index (κ1) is 18.0. The molecule has 1 atom stereocenters. The summed E-state index contributed by atoms with van der Waals surface area (Å²) < 4.78 is 9.33. The van der Waals surface area contributed by atoms with Crippen LogP contribution in [0.3, 0.4) is 0 Å². The predicted molar refractivity (Wildman–Crippen MR) is 75.3 cm³/mol. The van der Waals surface area contributed by atoms with Crippen molar-refractivity contribution in [3.63, 3.8) is 0 Å². The summed E-state index contributed by atoms with van der Waals surface area (Å²) in [6, 6.07) is 2.96. The third-order valence-electron chi connectivity index (χ3n) is 2.87. The molecule has 1 aromatic rings. The van der Waals surface area contributed by atoms with Crippen LogP contribution in [0.25, 0.3) is 0 Å². The fraction of sp³-hybridized carbons (Fsp3) is 0.385. The van der Waals surface area contributed by atoms with Gasteiger partial charge in [0.2, 0.25) is 0 Å². The van der Waals surface area contributed by atoms with Crippen LogP contribution in [0.5, 0.6) is 0 Å². The van der Waals surface area contributed by atoms with Gasteiger partial charge in [-0.1, -0.05) is 6.92 Å². The maximum absolute atomic E-state index is 11.7. The molecule has 0 spiro atoms. The van der Waals surface area contributed by atoms with Crippen molar-refractivity contribution in [1.82, 2.24) is 0 Å². The zero-order chi connectivity index (χ0) is 17.6. The topological polar surface area (TPSA) is 139 Å². The highest BCUT2D eigenvalue weighted by molar-refractivity contribution is 5.79. The van der Waals surface area contributed by atoms with Gasteiger partial charge in [0.15, 0.2) is 0 Å². The van der Waals surface area contributed by atoms with E-state index in [-0.39, 0.29) is 18.6 Å². The van der Waals surface area contributed by atoms with E-state index in [1.54, 1.807) is 0 Å². The number of ether oxygens (including phenoxy) is 2. The molecule has 1 rings (SSSR count). The summed E-state index contributed by atoms with van der Waals surface area (Å²) in [6.07, 6.45) is -0.176. The molecule has 1 unspecified atom stereocenters. The average Bonchev–Trinajstić information content (AvgIpc) is 2.51. The summed E-state index contributed by atoms with van der Waals surface area (Å²) in [4.78, 5) is 42.7. The van der Waals surface area contributed by atoms with Crippen LogP contribution in [0.15, 0.2) is 18.2 Å². The van der Waals surface area contributed by atoms with Crippen molar-refractivity contribution in [2.24, 2.45) is 5.92 Å². The van der Waals surface area contributed by atoms with Gasteiger partial charge in [0.05, 0.1) is 35.4 Å². The zero-order valence-electron chi connectivity index (χ0n) is 12.4. The third-order valence-corrected chi connectivity index (χ3v) is 2.87. The molecule has 23 heavy (non-hydrogen) atoms. The molecular weight excluding hydrogens is 312 g/mol. The van der Waals surface area contributed by atoms with Gasteiger partial charge >= 0.3 is 11.9 Å². The first-order valence-electron chi connectivity index (χ1n) is 6.40. The Hall–Kier alpha value is -3.04. The lowest BCUT2D eigenvalue weighted by atomic mass is 10.1. The van der Waals surface area contributed by atoms with E-state index >= 15 is 0 Å². The number of non-ortho nitro benzene ring substituents is 2. The van der Waals surface area contributed by atoms with Crippen molar-refractivity contribution in [3.05, 3.63) is 44.0 Å². The van der Waals surface area contributed by atoms with Gasteiger partial charge in [-0.15, -0.1) is 0 Å². The summed E-state index contributed by atoms with van der Waals surface area (Å²) in [6.45, 7) is 1.07. The van der Waals surface area contributed by atoms with Crippen LogP contribution in [0.1, 0.15) is 18.9 Å². The first-order chi connectivity index (χ1) is 10.7. The predicted octanol–water partition coefficient (Wildman–Crippen LogP) is 1.75. The van der Waals surface area contributed by atoms with Crippen molar-refractivity contribution < 1.29 is 28.9 Å². The highest BCUT2D eigenvalue weighted by Crippen LogP contribution is 2.23. The Morgan fingerprint density at radius 1 is 1.13 bits per heavy atom. The third kappa shape index (κ3) is 5.34. The molecule has 0 N–H and O–H groups in total. The standard InChI is InChI=1S/C13H14N2O8/c1-8(3-12(16)22-2)13(17)23-7-9-4-10(14(18)19)6-11(5-9)15(20)21/h4-6,8H,3,7H2,1-2H3. The minimum absolute atomic E-state index is 0.101. The monoisotopic (exact) mass is 326 g/mol. The normalized spacial score (nSPS) is 11.4. The van der Waals surface area contributed by atoms with Gasteiger partial charge in [-0.2, -0.15) is 0 Å². The van der Waals surface area contributed by atoms with Gasteiger partial charge in [0, 0.05) is 17.7 Å². The van der Waals surface area contributed by atoms with E-state index in [2.05, 4.69) is 4.74 Å². The number of methoxy groups -OCH3 is 1. The summed E-state index contributed by atoms with van der Waals surface area (Å²) in [5.74, 6) is -2.07. The second-order valence-corrected chi connectivity index (χ2v) is 4.66. The van der Waals surface area contributed by atoms with E-state index < -0.39 is 39.1 Å². The van der Waals surface area contributed by atoms with Crippen LogP contribution in [0, 0.1) is 26.1 Å². The average molecular weight is 326 g/mol. The van der Waals surface area contributed by atoms with Gasteiger partial charge in [0.25, 0.3) is 11.4 Å². The molecule has 0 saturated carbocycles. The number of nitro benzene ring substituents is 2. The maximum atomic E-state index is 11.7. The molecule has 0 heterocycles. The number of carbonyl (C=O) groups excluding carboxylic acids is 2. The van der Waals surface area contributed by atoms with Crippen molar-refractivity contribution in [2.45, 2.75) is 20.0 Å². The Morgan fingerprint density at radius 2 is 1.65 bits per heavy atom. The molecule has 124 valence electrons. The molecule has 0 aliphatic carbocycles. The van der Waals surface area contributed by atoms with E-state index in [4.69, 9.17) is 4.74 Å². The van der Waals surface area contributed by atoms with Crippen molar-refractivity contribution >= 4 is 23.3 Å².